The van der Waals surface area contributed by atoms with Gasteiger partial charge in [-0.25, -0.2) is 13.4 Å². The number of ether oxygens (including phenoxy) is 1. The maximum Gasteiger partial charge on any atom is 0.258 e. The van der Waals surface area contributed by atoms with E-state index >= 15 is 0 Å². The Morgan fingerprint density at radius 2 is 1.91 bits per heavy atom. The molecule has 174 valence electrons. The highest BCUT2D eigenvalue weighted by Gasteiger charge is 2.27. The molecular weight excluding hydrogens is 464 g/mol. The number of hydrogen-bond acceptors (Lipinski definition) is 7. The van der Waals surface area contributed by atoms with Crippen LogP contribution in [-0.4, -0.2) is 54.9 Å². The number of carbonyl (C=O) groups excluding carboxylic acids is 1. The molecule has 3 heterocycles. The number of benzene rings is 1. The van der Waals surface area contributed by atoms with Gasteiger partial charge in [0.1, 0.15) is 0 Å². The van der Waals surface area contributed by atoms with Crippen LogP contribution in [-0.2, 0) is 27.6 Å². The summed E-state index contributed by atoms with van der Waals surface area (Å²) in [5.41, 5.74) is 1.09. The Kier molecular flexibility index (Phi) is 6.04. The lowest BCUT2D eigenvalue weighted by atomic mass is 10.1. The molecule has 5 rings (SSSR count). The first-order valence-corrected chi connectivity index (χ1v) is 13.2. The molecule has 1 saturated heterocycles. The average molecular weight is 489 g/mol. The number of aryl methyl sites for hydroxylation is 2. The lowest BCUT2D eigenvalue weighted by molar-refractivity contribution is 0.0730. The Morgan fingerprint density at radius 3 is 2.73 bits per heavy atom. The number of sulfonamides is 1. The van der Waals surface area contributed by atoms with Crippen LogP contribution in [0, 0.1) is 0 Å². The standard InChI is InChI=1S/C22H24N4O5S2/c27-20-13-16(21(28)25-22-24-18-4-2-1-3-5-19(18)32-22)15-12-14(6-7-17(15)23-20)33(29,30)26-8-10-31-11-9-26/h6-7,12-13H,1-5,8-11H2,(H,23,27)(H,24,25,28). The number of anilines is 1. The van der Waals surface area contributed by atoms with Crippen molar-refractivity contribution in [3.8, 4) is 0 Å². The second-order valence-corrected chi connectivity index (χ2v) is 11.2. The van der Waals surface area contributed by atoms with E-state index in [9.17, 15) is 18.0 Å². The third-order valence-electron chi connectivity index (χ3n) is 5.98. The minimum Gasteiger partial charge on any atom is -0.379 e. The van der Waals surface area contributed by atoms with Gasteiger partial charge < -0.3 is 9.72 Å². The second kappa shape index (κ2) is 8.98. The quantitative estimate of drug-likeness (QED) is 0.545. The van der Waals surface area contributed by atoms with Crippen molar-refractivity contribution in [3.63, 3.8) is 0 Å². The van der Waals surface area contributed by atoms with Gasteiger partial charge in [0.05, 0.1) is 29.4 Å². The first kappa shape index (κ1) is 22.2. The molecule has 2 aromatic heterocycles. The van der Waals surface area contributed by atoms with E-state index in [-0.39, 0.29) is 23.5 Å². The van der Waals surface area contributed by atoms with Gasteiger partial charge in [-0.15, -0.1) is 11.3 Å². The largest absolute Gasteiger partial charge is 0.379 e. The molecular formula is C22H24N4O5S2. The molecule has 0 radical (unpaired) electrons. The third-order valence-corrected chi connectivity index (χ3v) is 8.95. The van der Waals surface area contributed by atoms with Gasteiger partial charge in [0.15, 0.2) is 5.13 Å². The zero-order valence-corrected chi connectivity index (χ0v) is 19.6. The molecule has 2 aliphatic rings. The number of aromatic amines is 1. The van der Waals surface area contributed by atoms with Gasteiger partial charge in [0.25, 0.3) is 5.91 Å². The molecule has 1 aliphatic carbocycles. The van der Waals surface area contributed by atoms with Crippen LogP contribution in [0.4, 0.5) is 5.13 Å². The number of H-pyrrole nitrogens is 1. The lowest BCUT2D eigenvalue weighted by Gasteiger charge is -2.26. The number of fused-ring (bicyclic) bond motifs is 2. The summed E-state index contributed by atoms with van der Waals surface area (Å²) in [6.07, 6.45) is 5.24. The molecule has 2 N–H and O–H groups in total. The maximum atomic E-state index is 13.2. The molecule has 1 fully saturated rings. The van der Waals surface area contributed by atoms with Gasteiger partial charge in [-0.3, -0.25) is 14.9 Å². The molecule has 0 saturated carbocycles. The predicted molar refractivity (Wildman–Crippen MR) is 125 cm³/mol. The van der Waals surface area contributed by atoms with E-state index in [0.29, 0.717) is 29.2 Å². The van der Waals surface area contributed by atoms with Crippen molar-refractivity contribution in [1.82, 2.24) is 14.3 Å². The highest BCUT2D eigenvalue weighted by molar-refractivity contribution is 7.89. The normalized spacial score (nSPS) is 17.5. The zero-order valence-electron chi connectivity index (χ0n) is 17.9. The molecule has 1 aliphatic heterocycles. The Bertz CT molecular complexity index is 1350. The van der Waals surface area contributed by atoms with Gasteiger partial charge in [-0.1, -0.05) is 6.42 Å². The van der Waals surface area contributed by atoms with Crippen molar-refractivity contribution in [2.24, 2.45) is 0 Å². The Morgan fingerprint density at radius 1 is 1.12 bits per heavy atom. The van der Waals surface area contributed by atoms with Gasteiger partial charge in [-0.05, 0) is 43.9 Å². The van der Waals surface area contributed by atoms with Crippen LogP contribution in [0.3, 0.4) is 0 Å². The molecule has 0 unspecified atom stereocenters. The fourth-order valence-corrected chi connectivity index (χ4v) is 6.74. The van der Waals surface area contributed by atoms with Crippen LogP contribution in [0.25, 0.3) is 10.9 Å². The minimum absolute atomic E-state index is 0.0685. The summed E-state index contributed by atoms with van der Waals surface area (Å²) in [5, 5.41) is 3.67. The Labute approximate surface area is 194 Å². The Balaban J connectivity index is 1.50. The summed E-state index contributed by atoms with van der Waals surface area (Å²) in [6, 6.07) is 5.61. The summed E-state index contributed by atoms with van der Waals surface area (Å²) >= 11 is 1.46. The molecule has 33 heavy (non-hydrogen) atoms. The fraction of sp³-hybridized carbons (Fsp3) is 0.409. The van der Waals surface area contributed by atoms with Crippen LogP contribution >= 0.6 is 11.3 Å². The SMILES string of the molecule is O=C(Nc1nc2c(s1)CCCCC2)c1cc(=O)[nH]c2ccc(S(=O)(=O)N3CCOCC3)cc12. The number of nitrogens with one attached hydrogen (secondary N) is 2. The second-order valence-electron chi connectivity index (χ2n) is 8.17. The van der Waals surface area contributed by atoms with Crippen LogP contribution in [0.1, 0.15) is 40.2 Å². The molecule has 0 bridgehead atoms. The van der Waals surface area contributed by atoms with Crippen LogP contribution < -0.4 is 10.9 Å². The molecule has 0 spiro atoms. The monoisotopic (exact) mass is 488 g/mol. The van der Waals surface area contributed by atoms with Crippen LogP contribution in [0.5, 0.6) is 0 Å². The highest BCUT2D eigenvalue weighted by atomic mass is 32.2. The molecule has 3 aromatic rings. The summed E-state index contributed by atoms with van der Waals surface area (Å²) in [7, 11) is -3.75. The van der Waals surface area contributed by atoms with Gasteiger partial charge in [0, 0.05) is 34.9 Å². The van der Waals surface area contributed by atoms with E-state index in [1.165, 1.54) is 51.2 Å². The number of thiazole rings is 1. The van der Waals surface area contributed by atoms with Gasteiger partial charge >= 0.3 is 0 Å². The van der Waals surface area contributed by atoms with Crippen molar-refractivity contribution >= 4 is 43.3 Å². The molecule has 0 atom stereocenters. The number of hydrogen-bond donors (Lipinski definition) is 2. The number of pyridine rings is 1. The van der Waals surface area contributed by atoms with E-state index in [4.69, 9.17) is 4.74 Å². The molecule has 1 amide bonds. The molecule has 1 aromatic carbocycles. The van der Waals surface area contributed by atoms with Gasteiger partial charge in [-0.2, -0.15) is 4.31 Å². The van der Waals surface area contributed by atoms with Crippen molar-refractivity contribution in [3.05, 3.63) is 50.8 Å². The lowest BCUT2D eigenvalue weighted by Crippen LogP contribution is -2.40. The molecule has 9 nitrogen and oxygen atoms in total. The smallest absolute Gasteiger partial charge is 0.258 e. The van der Waals surface area contributed by atoms with Crippen molar-refractivity contribution in [2.45, 2.75) is 37.0 Å². The van der Waals surface area contributed by atoms with E-state index in [0.717, 1.165) is 31.4 Å². The van der Waals surface area contributed by atoms with E-state index in [1.54, 1.807) is 0 Å². The Hall–Kier alpha value is -2.60. The topological polar surface area (TPSA) is 121 Å². The number of aromatic nitrogens is 2. The van der Waals surface area contributed by atoms with Crippen LogP contribution in [0.2, 0.25) is 0 Å². The summed E-state index contributed by atoms with van der Waals surface area (Å²) in [6.45, 7) is 1.22. The zero-order chi connectivity index (χ0) is 23.0. The van der Waals surface area contributed by atoms with Gasteiger partial charge in [0.2, 0.25) is 15.6 Å². The maximum absolute atomic E-state index is 13.2. The average Bonchev–Trinajstić information content (AvgIpc) is 3.06. The predicted octanol–water partition coefficient (Wildman–Crippen LogP) is 2.53. The van der Waals surface area contributed by atoms with E-state index in [2.05, 4.69) is 15.3 Å². The first-order valence-electron chi connectivity index (χ1n) is 11.0. The number of rotatable bonds is 4. The summed E-state index contributed by atoms with van der Waals surface area (Å²) in [4.78, 5) is 33.9. The number of nitrogens with zero attached hydrogens (tertiary/aromatic N) is 2. The van der Waals surface area contributed by atoms with E-state index in [1.807, 2.05) is 0 Å². The minimum atomic E-state index is -3.75. The fourth-order valence-electron chi connectivity index (χ4n) is 4.26. The van der Waals surface area contributed by atoms with Crippen LogP contribution in [0.15, 0.2) is 34.0 Å². The third kappa shape index (κ3) is 4.45. The first-order chi connectivity index (χ1) is 15.9. The number of carbonyl (C=O) groups is 1. The molecule has 11 heteroatoms. The summed E-state index contributed by atoms with van der Waals surface area (Å²) < 4.78 is 32.8. The number of amides is 1. The van der Waals surface area contributed by atoms with Crippen molar-refractivity contribution in [1.29, 1.82) is 0 Å². The van der Waals surface area contributed by atoms with E-state index < -0.39 is 21.5 Å². The number of morpholine rings is 1. The van der Waals surface area contributed by atoms with Crippen molar-refractivity contribution < 1.29 is 17.9 Å². The van der Waals surface area contributed by atoms with Crippen molar-refractivity contribution in [2.75, 3.05) is 31.6 Å². The summed E-state index contributed by atoms with van der Waals surface area (Å²) in [5.74, 6) is -0.490. The highest BCUT2D eigenvalue weighted by Crippen LogP contribution is 2.30.